The Morgan fingerprint density at radius 2 is 2.12 bits per heavy atom. The molecule has 0 saturated carbocycles. The van der Waals surface area contributed by atoms with Crippen LogP contribution in [-0.4, -0.2) is 9.55 Å². The number of hydrogen-bond acceptors (Lipinski definition) is 1. The molecule has 0 spiro atoms. The zero-order valence-electron chi connectivity index (χ0n) is 4.74. The van der Waals surface area contributed by atoms with Crippen molar-refractivity contribution in [1.29, 1.82) is 0 Å². The molecule has 2 nitrogen and oxygen atoms in total. The normalized spacial score (nSPS) is 6.62. The van der Waals surface area contributed by atoms with Crippen LogP contribution in [0.15, 0.2) is 18.7 Å². The van der Waals surface area contributed by atoms with Crippen LogP contribution < -0.4 is 0 Å². The first kappa shape index (κ1) is 11.2. The molecule has 1 unspecified atom stereocenters. The number of imidazole rings is 1. The summed E-state index contributed by atoms with van der Waals surface area (Å²) in [4.78, 5) is 3.78. The molecule has 1 atom stereocenters. The van der Waals surface area contributed by atoms with Gasteiger partial charge in [0, 0.05) is 40.5 Å². The van der Waals surface area contributed by atoms with E-state index in [-0.39, 0.29) is 31.0 Å². The minimum atomic E-state index is 0. The number of hydrogen-bond donors (Lipinski definition) is 0. The number of nitrogens with zero attached hydrogens (tertiary/aromatic N) is 2. The monoisotopic (exact) mass is 300 g/mol. The number of aryl methyl sites for hydroxylation is 1. The molecule has 0 fully saturated rings. The van der Waals surface area contributed by atoms with Crippen LogP contribution in [0.1, 0.15) is 0 Å². The zero-order chi connectivity index (χ0) is 4.41. The van der Waals surface area contributed by atoms with Gasteiger partial charge >= 0.3 is 0 Å². The average Bonchev–Trinajstić information content (AvgIpc) is 1.86. The number of aromatic nitrogens is 2. The van der Waals surface area contributed by atoms with E-state index in [0.29, 0.717) is 0 Å². The van der Waals surface area contributed by atoms with E-state index in [9.17, 15) is 0 Å². The Morgan fingerprint density at radius 3 is 2.25 bits per heavy atom. The molecule has 8 heavy (non-hydrogen) atoms. The molecular formula is C4H9N2PW. The third kappa shape index (κ3) is 3.35. The molecule has 0 aliphatic heterocycles. The molecule has 46 valence electrons. The van der Waals surface area contributed by atoms with Gasteiger partial charge in [-0.3, -0.25) is 0 Å². The van der Waals surface area contributed by atoms with E-state index in [2.05, 4.69) is 4.98 Å². The van der Waals surface area contributed by atoms with E-state index in [1.807, 2.05) is 17.8 Å². The molecule has 1 rings (SSSR count). The summed E-state index contributed by atoms with van der Waals surface area (Å²) in [5, 5.41) is 0. The first-order valence-electron chi connectivity index (χ1n) is 1.81. The van der Waals surface area contributed by atoms with Gasteiger partial charge in [0.2, 0.25) is 0 Å². The van der Waals surface area contributed by atoms with Crippen LogP contribution in [0.2, 0.25) is 0 Å². The van der Waals surface area contributed by atoms with Gasteiger partial charge < -0.3 is 4.57 Å². The minimum absolute atomic E-state index is 0. The molecule has 0 radical (unpaired) electrons. The molecule has 0 N–H and O–H groups in total. The van der Waals surface area contributed by atoms with E-state index < -0.39 is 0 Å². The summed E-state index contributed by atoms with van der Waals surface area (Å²) in [7, 11) is 1.94. The zero-order valence-corrected chi connectivity index (χ0v) is 9.09. The third-order valence-corrected chi connectivity index (χ3v) is 0.637. The van der Waals surface area contributed by atoms with Gasteiger partial charge in [-0.2, -0.15) is 9.90 Å². The summed E-state index contributed by atoms with van der Waals surface area (Å²) in [5.41, 5.74) is 0. The molecule has 0 aromatic carbocycles. The smallest absolute Gasteiger partial charge is 0.0943 e. The van der Waals surface area contributed by atoms with Crippen LogP contribution in [0.4, 0.5) is 0 Å². The van der Waals surface area contributed by atoms with Gasteiger partial charge in [0.1, 0.15) is 0 Å². The van der Waals surface area contributed by atoms with Gasteiger partial charge in [-0.15, -0.1) is 0 Å². The fraction of sp³-hybridized carbons (Fsp3) is 0.250. The van der Waals surface area contributed by atoms with Crippen molar-refractivity contribution in [2.75, 3.05) is 0 Å². The van der Waals surface area contributed by atoms with Crippen LogP contribution in [0.5, 0.6) is 0 Å². The molecule has 1 aromatic heterocycles. The van der Waals surface area contributed by atoms with Crippen LogP contribution in [0, 0.1) is 0 Å². The quantitative estimate of drug-likeness (QED) is 0.637. The summed E-state index contributed by atoms with van der Waals surface area (Å²) >= 11 is 0. The Bertz CT molecular complexity index is 118. The number of rotatable bonds is 0. The summed E-state index contributed by atoms with van der Waals surface area (Å²) in [6, 6.07) is 0. The average molecular weight is 300 g/mol. The Kier molecular flexibility index (Phi) is 7.63. The SMILES string of the molecule is Cn1ccnc1.P.[W]. The topological polar surface area (TPSA) is 17.8 Å². The molecule has 4 heteroatoms. The van der Waals surface area contributed by atoms with Gasteiger partial charge in [-0.1, -0.05) is 0 Å². The van der Waals surface area contributed by atoms with E-state index in [4.69, 9.17) is 0 Å². The van der Waals surface area contributed by atoms with Gasteiger partial charge in [-0.25, -0.2) is 4.98 Å². The van der Waals surface area contributed by atoms with Gasteiger partial charge in [-0.05, 0) is 0 Å². The molecular weight excluding hydrogens is 291 g/mol. The fourth-order valence-electron chi connectivity index (χ4n) is 0.326. The fourth-order valence-corrected chi connectivity index (χ4v) is 0.326. The molecule has 0 amide bonds. The van der Waals surface area contributed by atoms with Crippen molar-refractivity contribution in [3.05, 3.63) is 18.7 Å². The first-order chi connectivity index (χ1) is 2.89. The first-order valence-corrected chi connectivity index (χ1v) is 1.81. The molecule has 0 aliphatic rings. The third-order valence-electron chi connectivity index (χ3n) is 0.637. The second-order valence-electron chi connectivity index (χ2n) is 1.23. The summed E-state index contributed by atoms with van der Waals surface area (Å²) in [5.74, 6) is 0. The maximum Gasteiger partial charge on any atom is 0.0943 e. The van der Waals surface area contributed by atoms with E-state index >= 15 is 0 Å². The van der Waals surface area contributed by atoms with Crippen molar-refractivity contribution in [3.8, 4) is 0 Å². The van der Waals surface area contributed by atoms with Crippen LogP contribution in [-0.2, 0) is 28.1 Å². The maximum absolute atomic E-state index is 3.78. The summed E-state index contributed by atoms with van der Waals surface area (Å²) in [6.07, 6.45) is 5.39. The molecule has 1 heterocycles. The largest absolute Gasteiger partial charge is 0.341 e. The van der Waals surface area contributed by atoms with Gasteiger partial charge in [0.15, 0.2) is 0 Å². The molecule has 0 aliphatic carbocycles. The Labute approximate surface area is 66.6 Å². The van der Waals surface area contributed by atoms with E-state index in [1.165, 1.54) is 0 Å². The standard InChI is InChI=1S/C4H6N2.H3P.W/c1-6-3-2-5-4-6;;/h2-4H,1H3;1H3;. The van der Waals surface area contributed by atoms with Crippen molar-refractivity contribution in [1.82, 2.24) is 9.55 Å². The summed E-state index contributed by atoms with van der Waals surface area (Å²) < 4.78 is 1.89. The predicted octanol–water partition coefficient (Wildman–Crippen LogP) is 0.476. The van der Waals surface area contributed by atoms with Crippen molar-refractivity contribution in [3.63, 3.8) is 0 Å². The Hall–Kier alpha value is 0.328. The minimum Gasteiger partial charge on any atom is -0.341 e. The van der Waals surface area contributed by atoms with Gasteiger partial charge in [0.25, 0.3) is 0 Å². The summed E-state index contributed by atoms with van der Waals surface area (Å²) in [6.45, 7) is 0. The second kappa shape index (κ2) is 5.46. The van der Waals surface area contributed by atoms with E-state index in [0.717, 1.165) is 0 Å². The predicted molar refractivity (Wildman–Crippen MR) is 34.3 cm³/mol. The van der Waals surface area contributed by atoms with Crippen molar-refractivity contribution in [2.24, 2.45) is 7.05 Å². The van der Waals surface area contributed by atoms with Crippen LogP contribution in [0.3, 0.4) is 0 Å². The molecule has 1 aromatic rings. The molecule has 0 bridgehead atoms. The van der Waals surface area contributed by atoms with Gasteiger partial charge in [0.05, 0.1) is 6.33 Å². The Morgan fingerprint density at radius 1 is 1.50 bits per heavy atom. The van der Waals surface area contributed by atoms with Crippen LogP contribution >= 0.6 is 9.90 Å². The van der Waals surface area contributed by atoms with E-state index in [1.54, 1.807) is 12.5 Å². The van der Waals surface area contributed by atoms with Crippen LogP contribution in [0.25, 0.3) is 0 Å². The van der Waals surface area contributed by atoms with Crippen molar-refractivity contribution < 1.29 is 21.1 Å². The van der Waals surface area contributed by atoms with Crippen molar-refractivity contribution in [2.45, 2.75) is 0 Å². The second-order valence-corrected chi connectivity index (χ2v) is 1.23. The maximum atomic E-state index is 3.78. The Balaban J connectivity index is 0. The molecule has 0 saturated heterocycles. The van der Waals surface area contributed by atoms with Crippen molar-refractivity contribution >= 4 is 9.90 Å².